The molecule has 0 N–H and O–H groups in total. The smallest absolute Gasteiger partial charge is 0.137 e. The lowest BCUT2D eigenvalue weighted by atomic mass is 10.1. The molecule has 0 aromatic carbocycles. The van der Waals surface area contributed by atoms with Gasteiger partial charge in [0.1, 0.15) is 11.5 Å². The molecular weight excluding hydrogens is 1200 g/mol. The number of hydrogen-bond acceptors (Lipinski definition) is 6. The SMILES string of the molecule is CC.CC.CC.CC.CC.CC.CC.Cc1cc2cccc(C)n2c1C.Cc1cc2ccnc(C)n2c1C.Cc1cc2cncc(C)n2c1C.Cc1cc2nccc(C)n2c1C.Cc1cn2ccnc(C)c2c1C.Cc1cn2cncc(C)c2c1C.Cc1cn2nccc(C)c2c1C. The summed E-state index contributed by atoms with van der Waals surface area (Å²) < 4.78 is 15.0. The number of nitrogens with zero attached hydrogens (tertiary/aromatic N) is 13. The van der Waals surface area contributed by atoms with Crippen LogP contribution in [0.4, 0.5) is 0 Å². The second-order valence-corrected chi connectivity index (χ2v) is 22.6. The molecule has 0 spiro atoms. The maximum Gasteiger partial charge on any atom is 0.137 e. The van der Waals surface area contributed by atoms with Gasteiger partial charge in [0.25, 0.3) is 0 Å². The van der Waals surface area contributed by atoms with Crippen LogP contribution in [0.2, 0.25) is 0 Å². The summed E-state index contributed by atoms with van der Waals surface area (Å²) in [5.41, 5.74) is 34.4. The zero-order valence-corrected chi connectivity index (χ0v) is 67.5. The van der Waals surface area contributed by atoms with E-state index >= 15 is 0 Å². The van der Waals surface area contributed by atoms with Crippen molar-refractivity contribution in [3.63, 3.8) is 0 Å². The van der Waals surface area contributed by atoms with Gasteiger partial charge in [-0.25, -0.2) is 19.5 Å². The summed E-state index contributed by atoms with van der Waals surface area (Å²) in [6.45, 7) is 72.4. The van der Waals surface area contributed by atoms with Gasteiger partial charge in [-0.2, -0.15) is 5.10 Å². The monoisotopic (exact) mass is 1330 g/mol. The summed E-state index contributed by atoms with van der Waals surface area (Å²) in [4.78, 5) is 21.1. The summed E-state index contributed by atoms with van der Waals surface area (Å²) in [5, 5.41) is 4.24. The number of pyridine rings is 1. The number of fused-ring (bicyclic) bond motifs is 7. The van der Waals surface area contributed by atoms with Gasteiger partial charge in [-0.1, -0.05) is 103 Å². The quantitative estimate of drug-likeness (QED) is 0.150. The van der Waals surface area contributed by atoms with Crippen molar-refractivity contribution in [3.8, 4) is 0 Å². The summed E-state index contributed by atoms with van der Waals surface area (Å²) in [6, 6.07) is 21.2. The van der Waals surface area contributed by atoms with Crippen LogP contribution >= 0.6 is 0 Å². The van der Waals surface area contributed by atoms with Gasteiger partial charge in [0.05, 0.1) is 40.3 Å². The zero-order chi connectivity index (χ0) is 75.0. The molecule has 98 heavy (non-hydrogen) atoms. The fourth-order valence-corrected chi connectivity index (χ4v) is 11.2. The summed E-state index contributed by atoms with van der Waals surface area (Å²) >= 11 is 0. The fourth-order valence-electron chi connectivity index (χ4n) is 11.2. The van der Waals surface area contributed by atoms with E-state index in [0.717, 1.165) is 17.2 Å². The van der Waals surface area contributed by atoms with E-state index in [1.807, 2.05) is 189 Å². The molecule has 0 radical (unpaired) electrons. The highest BCUT2D eigenvalue weighted by atomic mass is 15.2. The summed E-state index contributed by atoms with van der Waals surface area (Å²) in [5.74, 6) is 1.05. The van der Waals surface area contributed by atoms with Gasteiger partial charge in [-0.3, -0.25) is 9.97 Å². The normalized spacial score (nSPS) is 9.79. The van der Waals surface area contributed by atoms with Gasteiger partial charge in [-0.05, 0) is 267 Å². The predicted molar refractivity (Wildman–Crippen MR) is 427 cm³/mol. The molecule has 14 heterocycles. The molecule has 0 aliphatic carbocycles. The lowest BCUT2D eigenvalue weighted by Gasteiger charge is -2.02. The van der Waals surface area contributed by atoms with Crippen LogP contribution in [0.25, 0.3) is 38.7 Å². The first-order valence-corrected chi connectivity index (χ1v) is 35.8. The Bertz CT molecular complexity index is 3810. The highest BCUT2D eigenvalue weighted by Crippen LogP contribution is 2.23. The molecule has 532 valence electrons. The maximum atomic E-state index is 4.29. The molecule has 0 amide bonds. The van der Waals surface area contributed by atoms with Gasteiger partial charge in [0, 0.05) is 113 Å². The van der Waals surface area contributed by atoms with Crippen molar-refractivity contribution in [2.45, 2.75) is 242 Å². The number of aromatic nitrogens is 13. The van der Waals surface area contributed by atoms with E-state index in [9.17, 15) is 0 Å². The van der Waals surface area contributed by atoms with Crippen molar-refractivity contribution in [1.29, 1.82) is 0 Å². The molecule has 0 unspecified atom stereocenters. The molecule has 14 rings (SSSR count). The van der Waals surface area contributed by atoms with Crippen LogP contribution in [-0.2, 0) is 0 Å². The minimum absolute atomic E-state index is 1.05. The lowest BCUT2D eigenvalue weighted by molar-refractivity contribution is 0.930. The third kappa shape index (κ3) is 21.4. The second-order valence-electron chi connectivity index (χ2n) is 22.6. The Morgan fingerprint density at radius 3 is 1.30 bits per heavy atom. The van der Waals surface area contributed by atoms with E-state index in [0.29, 0.717) is 0 Å². The Morgan fingerprint density at radius 1 is 0.306 bits per heavy atom. The average molecular weight is 1330 g/mol. The Kier molecular flexibility index (Phi) is 38.3. The van der Waals surface area contributed by atoms with Crippen molar-refractivity contribution in [1.82, 2.24) is 60.9 Å². The van der Waals surface area contributed by atoms with E-state index in [4.69, 9.17) is 0 Å². The zero-order valence-electron chi connectivity index (χ0n) is 67.5. The van der Waals surface area contributed by atoms with E-state index in [2.05, 4.69) is 249 Å². The second kappa shape index (κ2) is 43.2. The van der Waals surface area contributed by atoms with Crippen LogP contribution in [0.1, 0.15) is 215 Å². The molecule has 0 saturated heterocycles. The van der Waals surface area contributed by atoms with Crippen molar-refractivity contribution < 1.29 is 0 Å². The van der Waals surface area contributed by atoms with E-state index in [1.54, 1.807) is 0 Å². The Morgan fingerprint density at radius 2 is 0.776 bits per heavy atom. The van der Waals surface area contributed by atoms with Crippen LogP contribution in [0.5, 0.6) is 0 Å². The molecule has 13 heteroatoms. The van der Waals surface area contributed by atoms with Crippen molar-refractivity contribution in [3.05, 3.63) is 253 Å². The van der Waals surface area contributed by atoms with Crippen molar-refractivity contribution in [2.75, 3.05) is 0 Å². The Labute approximate surface area is 592 Å². The van der Waals surface area contributed by atoms with Crippen LogP contribution in [0.15, 0.2) is 135 Å². The first-order chi connectivity index (χ1) is 46.9. The maximum absolute atomic E-state index is 4.29. The third-order valence-corrected chi connectivity index (χ3v) is 16.7. The summed E-state index contributed by atoms with van der Waals surface area (Å²) in [7, 11) is 0. The van der Waals surface area contributed by atoms with Gasteiger partial charge < -0.3 is 26.4 Å². The standard InChI is InChI=1S/C11H13N.6C10H12N2.7C2H6/c1-8-7-11-6-4-5-9(2)12(11)10(8)3;1-7-4-11-6-12-5-8(2)9(3)10(7)12;1-7-4-10-6-11-5-8(2)12(10)9(7)3;1-7-6-12-5-4-11-9(3)10(12)8(7)2;1-7-6-10-4-5-11-9(3)12(10)8(7)2;1-7-6-10-11-5-4-8(2)12(10)9(7)3;1-7-4-5-11-12-6-8(2)9(3)10(7)12;7*1-2/h4-7H,1-3H3;6*4-6H,1-3H3;7*1-2H3. The molecule has 0 fully saturated rings. The van der Waals surface area contributed by atoms with Crippen LogP contribution < -0.4 is 0 Å². The van der Waals surface area contributed by atoms with Gasteiger partial charge >= 0.3 is 0 Å². The fraction of sp³-hybridized carbons (Fsp3) is 0.412. The minimum atomic E-state index is 1.05. The average Bonchev–Trinajstić information content (AvgIpc) is 1.76. The highest BCUT2D eigenvalue weighted by Gasteiger charge is 2.10. The summed E-state index contributed by atoms with van der Waals surface area (Å²) in [6.07, 6.45) is 23.2. The van der Waals surface area contributed by atoms with Gasteiger partial charge in [0.15, 0.2) is 0 Å². The molecular formula is C85H127N13. The molecule has 13 nitrogen and oxygen atoms in total. The van der Waals surface area contributed by atoms with Crippen molar-refractivity contribution >= 4 is 38.7 Å². The van der Waals surface area contributed by atoms with E-state index < -0.39 is 0 Å². The topological polar surface area (TPSA) is 108 Å². The third-order valence-electron chi connectivity index (χ3n) is 16.7. The molecule has 0 aliphatic rings. The van der Waals surface area contributed by atoms with Crippen LogP contribution in [-0.4, -0.2) is 60.9 Å². The predicted octanol–water partition coefficient (Wildman–Crippen LogP) is 23.6. The lowest BCUT2D eigenvalue weighted by Crippen LogP contribution is -1.95. The van der Waals surface area contributed by atoms with E-state index in [-0.39, 0.29) is 0 Å². The number of rotatable bonds is 0. The van der Waals surface area contributed by atoms with E-state index in [1.165, 1.54) is 140 Å². The van der Waals surface area contributed by atoms with Crippen molar-refractivity contribution in [2.24, 2.45) is 0 Å². The highest BCUT2D eigenvalue weighted by molar-refractivity contribution is 5.64. The number of aryl methyl sites for hydroxylation is 21. The molecule has 14 aromatic heterocycles. The minimum Gasteiger partial charge on any atom is -0.320 e. The van der Waals surface area contributed by atoms with Crippen LogP contribution in [0.3, 0.4) is 0 Å². The first kappa shape index (κ1) is 86.9. The molecule has 0 bridgehead atoms. The Hall–Kier alpha value is -9.10. The number of hydrogen-bond donors (Lipinski definition) is 0. The molecule has 0 aliphatic heterocycles. The van der Waals surface area contributed by atoms with Gasteiger partial charge in [-0.15, -0.1) is 0 Å². The molecule has 0 saturated carbocycles. The molecule has 14 aromatic rings. The van der Waals surface area contributed by atoms with Crippen LogP contribution in [0, 0.1) is 145 Å². The Balaban J connectivity index is 0.000000554. The molecule has 0 atom stereocenters. The first-order valence-electron chi connectivity index (χ1n) is 35.8. The largest absolute Gasteiger partial charge is 0.320 e. The van der Waals surface area contributed by atoms with Gasteiger partial charge in [0.2, 0.25) is 0 Å².